The first-order valence-electron chi connectivity index (χ1n) is 14.9. The number of fused-ring (bicyclic) bond motifs is 1. The Labute approximate surface area is 268 Å². The number of piperidine rings is 1. The number of carbonyl (C=O) groups excluding carboxylic acids is 3. The van der Waals surface area contributed by atoms with Crippen molar-refractivity contribution in [2.75, 3.05) is 39.5 Å². The molecule has 0 aromatic heterocycles. The van der Waals surface area contributed by atoms with Gasteiger partial charge < -0.3 is 20.7 Å². The summed E-state index contributed by atoms with van der Waals surface area (Å²) in [4.78, 5) is 40.3. The molecular formula is C29H41N7O8S2. The number of nitrogens with two attached hydrogens (primary N) is 1. The number of carbonyl (C=O) groups is 3. The Morgan fingerprint density at radius 1 is 1.11 bits per heavy atom. The van der Waals surface area contributed by atoms with Gasteiger partial charge in [-0.05, 0) is 54.5 Å². The first-order valence-corrected chi connectivity index (χ1v) is 18.3. The minimum absolute atomic E-state index is 0.0983. The van der Waals surface area contributed by atoms with Gasteiger partial charge in [-0.1, -0.05) is 30.3 Å². The van der Waals surface area contributed by atoms with Crippen LogP contribution in [0.5, 0.6) is 0 Å². The maximum absolute atomic E-state index is 13.9. The molecule has 0 bridgehead atoms. The lowest BCUT2D eigenvalue weighted by atomic mass is 9.99. The van der Waals surface area contributed by atoms with Gasteiger partial charge in [-0.3, -0.25) is 15.0 Å². The van der Waals surface area contributed by atoms with Crippen molar-refractivity contribution >= 4 is 54.9 Å². The van der Waals surface area contributed by atoms with Crippen molar-refractivity contribution in [3.8, 4) is 0 Å². The van der Waals surface area contributed by atoms with Crippen molar-refractivity contribution in [3.63, 3.8) is 0 Å². The smallest absolute Gasteiger partial charge is 0.429 e. The van der Waals surface area contributed by atoms with Crippen LogP contribution in [-0.2, 0) is 34.2 Å². The second-order valence-corrected chi connectivity index (χ2v) is 15.6. The second kappa shape index (κ2) is 14.8. The van der Waals surface area contributed by atoms with Crippen LogP contribution in [0.25, 0.3) is 10.8 Å². The van der Waals surface area contributed by atoms with E-state index in [2.05, 4.69) is 10.0 Å². The molecule has 5 N–H and O–H groups in total. The fourth-order valence-corrected chi connectivity index (χ4v) is 7.02. The molecule has 1 saturated heterocycles. The van der Waals surface area contributed by atoms with E-state index in [9.17, 15) is 31.2 Å². The lowest BCUT2D eigenvalue weighted by Crippen LogP contribution is -2.54. The van der Waals surface area contributed by atoms with Gasteiger partial charge in [0.15, 0.2) is 9.84 Å². The van der Waals surface area contributed by atoms with Crippen molar-refractivity contribution in [3.05, 3.63) is 42.5 Å². The van der Waals surface area contributed by atoms with E-state index in [1.54, 1.807) is 23.2 Å². The summed E-state index contributed by atoms with van der Waals surface area (Å²) >= 11 is 0. The highest BCUT2D eigenvalue weighted by molar-refractivity contribution is 7.91. The van der Waals surface area contributed by atoms with Crippen molar-refractivity contribution in [2.45, 2.75) is 54.5 Å². The van der Waals surface area contributed by atoms with Crippen molar-refractivity contribution in [1.29, 1.82) is 5.41 Å². The third kappa shape index (κ3) is 9.00. The Bertz CT molecular complexity index is 1670. The van der Waals surface area contributed by atoms with E-state index in [0.717, 1.165) is 29.4 Å². The molecule has 2 aliphatic rings. The summed E-state index contributed by atoms with van der Waals surface area (Å²) in [6, 6.07) is 9.83. The SMILES string of the molecule is COC(=O)N(C=N)N1CCC[C@@H](CNC(=O)C[C@H](NS(=O)(=O)c2ccc3ccccc3c2)C(=O)N(CC(N)S(C)(=O)=O)C2CC2)C1. The highest BCUT2D eigenvalue weighted by atomic mass is 32.2. The Morgan fingerprint density at radius 2 is 1.80 bits per heavy atom. The number of hydrogen-bond acceptors (Lipinski definition) is 11. The molecule has 15 nitrogen and oxygen atoms in total. The monoisotopic (exact) mass is 679 g/mol. The summed E-state index contributed by atoms with van der Waals surface area (Å²) < 4.78 is 58.5. The number of methoxy groups -OCH3 is 1. The molecule has 0 spiro atoms. The minimum atomic E-state index is -4.31. The quantitative estimate of drug-likeness (QED) is 0.161. The molecule has 4 rings (SSSR count). The van der Waals surface area contributed by atoms with Gasteiger partial charge >= 0.3 is 6.09 Å². The first-order chi connectivity index (χ1) is 21.7. The first kappa shape index (κ1) is 35.2. The number of sulfone groups is 1. The molecular weight excluding hydrogens is 638 g/mol. The zero-order chi connectivity index (χ0) is 33.6. The second-order valence-electron chi connectivity index (χ2n) is 11.6. The topological polar surface area (TPSA) is 212 Å². The van der Waals surface area contributed by atoms with Crippen LogP contribution < -0.4 is 15.8 Å². The Balaban J connectivity index is 1.52. The van der Waals surface area contributed by atoms with Gasteiger partial charge in [0.05, 0.1) is 25.0 Å². The number of ether oxygens (including phenoxy) is 1. The molecule has 252 valence electrons. The maximum Gasteiger partial charge on any atom is 0.429 e. The molecule has 17 heteroatoms. The van der Waals surface area contributed by atoms with Crippen molar-refractivity contribution < 1.29 is 36.0 Å². The third-order valence-corrected chi connectivity index (χ3v) is 10.8. The highest BCUT2D eigenvalue weighted by Gasteiger charge is 2.40. The number of benzene rings is 2. The number of hydrazine groups is 1. The summed E-state index contributed by atoms with van der Waals surface area (Å²) in [5.41, 5.74) is 5.88. The number of nitrogens with zero attached hydrogens (tertiary/aromatic N) is 3. The molecule has 2 aromatic rings. The van der Waals surface area contributed by atoms with Gasteiger partial charge in [0.2, 0.25) is 21.8 Å². The van der Waals surface area contributed by atoms with Gasteiger partial charge in [0.1, 0.15) is 17.8 Å². The van der Waals surface area contributed by atoms with Crippen molar-refractivity contribution in [1.82, 2.24) is 25.0 Å². The molecule has 3 amide bonds. The maximum atomic E-state index is 13.9. The van der Waals surface area contributed by atoms with Gasteiger partial charge in [-0.15, -0.1) is 0 Å². The summed E-state index contributed by atoms with van der Waals surface area (Å²) in [5.74, 6) is -1.45. The average Bonchev–Trinajstić information content (AvgIpc) is 3.87. The van der Waals surface area contributed by atoms with Crippen LogP contribution in [0.15, 0.2) is 47.4 Å². The van der Waals surface area contributed by atoms with E-state index in [0.29, 0.717) is 37.7 Å². The largest absolute Gasteiger partial charge is 0.452 e. The van der Waals surface area contributed by atoms with E-state index < -0.39 is 55.6 Å². The fraction of sp³-hybridized carbons (Fsp3) is 0.517. The van der Waals surface area contributed by atoms with Gasteiger partial charge in [0, 0.05) is 31.9 Å². The number of sulfonamides is 1. The van der Waals surface area contributed by atoms with Gasteiger partial charge in [-0.2, -0.15) is 9.73 Å². The summed E-state index contributed by atoms with van der Waals surface area (Å²) in [6.45, 7) is 0.682. The van der Waals surface area contributed by atoms with Gasteiger partial charge in [0.25, 0.3) is 0 Å². The minimum Gasteiger partial charge on any atom is -0.452 e. The van der Waals surface area contributed by atoms with Crippen LogP contribution >= 0.6 is 0 Å². The zero-order valence-electron chi connectivity index (χ0n) is 25.8. The lowest BCUT2D eigenvalue weighted by molar-refractivity contribution is -0.136. The molecule has 3 atom stereocenters. The molecule has 1 aliphatic heterocycles. The normalized spacial score (nSPS) is 18.7. The zero-order valence-corrected chi connectivity index (χ0v) is 27.4. The number of amides is 3. The molecule has 1 aliphatic carbocycles. The van der Waals surface area contributed by atoms with Crippen molar-refractivity contribution in [2.24, 2.45) is 11.7 Å². The van der Waals surface area contributed by atoms with E-state index in [4.69, 9.17) is 15.9 Å². The van der Waals surface area contributed by atoms with Crippen LogP contribution in [0, 0.1) is 11.3 Å². The van der Waals surface area contributed by atoms with Crippen LogP contribution in [-0.4, -0.2) is 113 Å². The third-order valence-electron chi connectivity index (χ3n) is 8.09. The number of rotatable bonds is 14. The van der Waals surface area contributed by atoms with Crippen LogP contribution in [0.2, 0.25) is 0 Å². The molecule has 2 fully saturated rings. The van der Waals surface area contributed by atoms with Crippen LogP contribution in [0.1, 0.15) is 32.1 Å². The number of nitrogens with one attached hydrogen (secondary N) is 3. The predicted octanol–water partition coefficient (Wildman–Crippen LogP) is 0.616. The Morgan fingerprint density at radius 3 is 2.43 bits per heavy atom. The highest BCUT2D eigenvalue weighted by Crippen LogP contribution is 2.29. The summed E-state index contributed by atoms with van der Waals surface area (Å²) in [7, 11) is -6.80. The Kier molecular flexibility index (Phi) is 11.4. The molecule has 46 heavy (non-hydrogen) atoms. The fourth-order valence-electron chi connectivity index (χ4n) is 5.37. The van der Waals surface area contributed by atoms with E-state index in [-0.39, 0.29) is 29.9 Å². The molecule has 0 radical (unpaired) electrons. The summed E-state index contributed by atoms with van der Waals surface area (Å²) in [5, 5.41) is 13.1. The van der Waals surface area contributed by atoms with Crippen LogP contribution in [0.3, 0.4) is 0 Å². The molecule has 1 saturated carbocycles. The number of hydrogen-bond donors (Lipinski definition) is 4. The summed E-state index contributed by atoms with van der Waals surface area (Å²) in [6.07, 6.45) is 3.14. The van der Waals surface area contributed by atoms with E-state index in [1.807, 2.05) is 12.1 Å². The molecule has 1 heterocycles. The Hall–Kier alpha value is -3.64. The lowest BCUT2D eigenvalue weighted by Gasteiger charge is -2.37. The van der Waals surface area contributed by atoms with E-state index >= 15 is 0 Å². The standard InChI is InChI=1S/C29H41N7O8S2/c1-44-29(39)36(19-30)34-13-5-6-20(17-34)16-32-27(37)15-25(28(38)35(23-10-11-23)18-26(31)45(2,40)41)33-46(42,43)24-12-9-21-7-3-4-8-22(21)14-24/h3-4,7-9,12,14,19-20,23,25-26,30,33H,5-6,10-11,13,15-18,31H2,1-2H3,(H,32,37)/t20-,25-,26?/m0/s1. The average molecular weight is 680 g/mol. The predicted molar refractivity (Wildman–Crippen MR) is 171 cm³/mol. The van der Waals surface area contributed by atoms with E-state index in [1.165, 1.54) is 24.1 Å². The van der Waals surface area contributed by atoms with Gasteiger partial charge in [-0.25, -0.2) is 26.6 Å². The molecule has 2 aromatic carbocycles. The van der Waals surface area contributed by atoms with Crippen LogP contribution in [0.4, 0.5) is 4.79 Å². The molecule has 1 unspecified atom stereocenters.